The van der Waals surface area contributed by atoms with Gasteiger partial charge in [0, 0.05) is 25.7 Å². The van der Waals surface area contributed by atoms with E-state index in [1.165, 1.54) is 148 Å². The predicted molar refractivity (Wildman–Crippen MR) is 335 cm³/mol. The second kappa shape index (κ2) is 58.7. The van der Waals surface area contributed by atoms with Crippen molar-refractivity contribution in [3.05, 3.63) is 0 Å². The summed E-state index contributed by atoms with van der Waals surface area (Å²) in [5.74, 6) is -1.35. The Hall–Kier alpha value is -1.94. The maximum absolute atomic E-state index is 13.0. The quantitative estimate of drug-likeness (QED) is 0.0222. The van der Waals surface area contributed by atoms with Gasteiger partial charge in [-0.3, -0.25) is 37.3 Å². The van der Waals surface area contributed by atoms with Crippen molar-refractivity contribution >= 4 is 39.5 Å². The molecule has 498 valence electrons. The summed E-state index contributed by atoms with van der Waals surface area (Å²) in [5.41, 5.74) is 0. The Balaban J connectivity index is 5.23. The molecule has 84 heavy (non-hydrogen) atoms. The van der Waals surface area contributed by atoms with Gasteiger partial charge in [0.2, 0.25) is 0 Å². The number of hydrogen-bond acceptors (Lipinski definition) is 15. The van der Waals surface area contributed by atoms with Gasteiger partial charge in [0.25, 0.3) is 0 Å². The van der Waals surface area contributed by atoms with E-state index >= 15 is 0 Å². The third kappa shape index (κ3) is 57.8. The Morgan fingerprint density at radius 2 is 0.571 bits per heavy atom. The van der Waals surface area contributed by atoms with Crippen molar-refractivity contribution in [1.82, 2.24) is 0 Å². The molecular formula is C65H126O17P2. The van der Waals surface area contributed by atoms with Gasteiger partial charge in [-0.25, -0.2) is 9.13 Å². The second-order valence-electron chi connectivity index (χ2n) is 23.7. The number of aliphatic hydroxyl groups is 1. The molecule has 0 radical (unpaired) electrons. The molecule has 0 amide bonds. The van der Waals surface area contributed by atoms with E-state index in [1.807, 2.05) is 0 Å². The molecule has 0 aromatic rings. The van der Waals surface area contributed by atoms with E-state index in [-0.39, 0.29) is 25.7 Å². The third-order valence-corrected chi connectivity index (χ3v) is 17.3. The highest BCUT2D eigenvalue weighted by atomic mass is 31.2. The van der Waals surface area contributed by atoms with Crippen LogP contribution in [0.5, 0.6) is 0 Å². The molecule has 19 heteroatoms. The van der Waals surface area contributed by atoms with Gasteiger partial charge in [-0.15, -0.1) is 0 Å². The van der Waals surface area contributed by atoms with E-state index in [1.54, 1.807) is 0 Å². The molecule has 0 aliphatic heterocycles. The van der Waals surface area contributed by atoms with Gasteiger partial charge in [0.1, 0.15) is 19.3 Å². The number of unbranched alkanes of at least 4 members (excludes halogenated alkanes) is 36. The van der Waals surface area contributed by atoms with Crippen LogP contribution in [0.4, 0.5) is 0 Å². The summed E-state index contributed by atoms with van der Waals surface area (Å²) in [5, 5.41) is 10.5. The van der Waals surface area contributed by atoms with Crippen LogP contribution in [0.25, 0.3) is 0 Å². The zero-order valence-electron chi connectivity index (χ0n) is 54.0. The molecule has 3 N–H and O–H groups in total. The Kier molecular flexibility index (Phi) is 57.4. The average Bonchev–Trinajstić information content (AvgIpc) is 3.59. The highest BCUT2D eigenvalue weighted by molar-refractivity contribution is 7.47. The van der Waals surface area contributed by atoms with Crippen LogP contribution in [0.15, 0.2) is 0 Å². The fourth-order valence-electron chi connectivity index (χ4n) is 9.73. The molecule has 0 fully saturated rings. The summed E-state index contributed by atoms with van der Waals surface area (Å²) in [7, 11) is -9.88. The minimum absolute atomic E-state index is 0.106. The molecular weight excluding hydrogens is 1110 g/mol. The van der Waals surface area contributed by atoms with Crippen LogP contribution in [0.1, 0.15) is 330 Å². The van der Waals surface area contributed by atoms with Crippen molar-refractivity contribution in [2.45, 2.75) is 348 Å². The highest BCUT2D eigenvalue weighted by Crippen LogP contribution is 2.45. The fourth-order valence-corrected chi connectivity index (χ4v) is 11.3. The molecule has 0 saturated heterocycles. The first-order valence-corrected chi connectivity index (χ1v) is 37.2. The first-order valence-electron chi connectivity index (χ1n) is 34.2. The summed E-state index contributed by atoms with van der Waals surface area (Å²) in [6, 6.07) is 0. The highest BCUT2D eigenvalue weighted by Gasteiger charge is 2.30. The largest absolute Gasteiger partial charge is 0.472 e. The lowest BCUT2D eigenvalue weighted by molar-refractivity contribution is -0.161. The number of phosphoric ester groups is 2. The number of ether oxygens (including phenoxy) is 4. The summed E-state index contributed by atoms with van der Waals surface area (Å²) < 4.78 is 68.0. The van der Waals surface area contributed by atoms with Crippen molar-refractivity contribution < 1.29 is 80.2 Å². The SMILES string of the molecule is CCCCCCCCCCCCCCCCC(=O)O[C@H](COC(=O)CCCCCCCCCCC(C)CC)COP(=O)(O)OC[C@@H](O)COP(=O)(O)OC[C@@H](COC(=O)CCCCCCCCCC)OC(=O)CCCCCCCCCCCC. The van der Waals surface area contributed by atoms with E-state index in [4.69, 9.17) is 37.0 Å². The molecule has 0 spiro atoms. The van der Waals surface area contributed by atoms with Crippen molar-refractivity contribution in [3.8, 4) is 0 Å². The number of phosphoric acid groups is 2. The topological polar surface area (TPSA) is 237 Å². The first-order chi connectivity index (χ1) is 40.6. The van der Waals surface area contributed by atoms with Crippen molar-refractivity contribution in [3.63, 3.8) is 0 Å². The molecule has 0 rings (SSSR count). The maximum atomic E-state index is 13.0. The number of esters is 4. The number of carbonyl (C=O) groups is 4. The number of rotatable bonds is 65. The average molecular weight is 1240 g/mol. The lowest BCUT2D eigenvalue weighted by Gasteiger charge is -2.21. The molecule has 0 aromatic carbocycles. The molecule has 0 aliphatic carbocycles. The molecule has 6 atom stereocenters. The van der Waals surface area contributed by atoms with Gasteiger partial charge in [0.05, 0.1) is 26.4 Å². The predicted octanol–water partition coefficient (Wildman–Crippen LogP) is 18.2. The smallest absolute Gasteiger partial charge is 0.462 e. The number of hydrogen-bond donors (Lipinski definition) is 3. The van der Waals surface area contributed by atoms with E-state index in [2.05, 4.69) is 34.6 Å². The van der Waals surface area contributed by atoms with Gasteiger partial charge in [-0.05, 0) is 31.6 Å². The van der Waals surface area contributed by atoms with Crippen LogP contribution < -0.4 is 0 Å². The Morgan fingerprint density at radius 1 is 0.333 bits per heavy atom. The standard InChI is InChI=1S/C65H126O17P2/c1-6-10-13-16-19-22-24-25-26-27-29-36-41-46-51-65(70)82-61(55-76-63(68)49-44-39-34-31-30-32-37-42-47-58(5)9-4)57-80-84(73,74)78-53-59(66)52-77-83(71,72)79-56-60(54-75-62(67)48-43-38-33-21-18-15-12-8-3)81-64(69)50-45-40-35-28-23-20-17-14-11-7-2/h58-61,66H,6-57H2,1-5H3,(H,71,72)(H,73,74)/t58?,59-,60+,61+/m0/s1. The minimum Gasteiger partial charge on any atom is -0.462 e. The van der Waals surface area contributed by atoms with E-state index in [0.29, 0.717) is 25.7 Å². The minimum atomic E-state index is -4.94. The molecule has 17 nitrogen and oxygen atoms in total. The summed E-state index contributed by atoms with van der Waals surface area (Å²) in [4.78, 5) is 72.2. The van der Waals surface area contributed by atoms with E-state index < -0.39 is 97.5 Å². The van der Waals surface area contributed by atoms with Gasteiger partial charge < -0.3 is 33.8 Å². The van der Waals surface area contributed by atoms with Crippen LogP contribution in [0, 0.1) is 5.92 Å². The lowest BCUT2D eigenvalue weighted by Crippen LogP contribution is -2.30. The van der Waals surface area contributed by atoms with Crippen molar-refractivity contribution in [1.29, 1.82) is 0 Å². The van der Waals surface area contributed by atoms with Gasteiger partial charge in [-0.1, -0.05) is 279 Å². The lowest BCUT2D eigenvalue weighted by atomic mass is 9.99. The van der Waals surface area contributed by atoms with Crippen molar-refractivity contribution in [2.24, 2.45) is 5.92 Å². The normalized spacial score (nSPS) is 14.5. The Morgan fingerprint density at radius 3 is 0.845 bits per heavy atom. The van der Waals surface area contributed by atoms with Crippen LogP contribution in [0.2, 0.25) is 0 Å². The fraction of sp³-hybridized carbons (Fsp3) is 0.938. The number of carbonyl (C=O) groups excluding carboxylic acids is 4. The summed E-state index contributed by atoms with van der Waals surface area (Å²) in [6.07, 6.45) is 42.9. The van der Waals surface area contributed by atoms with E-state index in [0.717, 1.165) is 102 Å². The summed E-state index contributed by atoms with van der Waals surface area (Å²) in [6.45, 7) is 7.18. The maximum Gasteiger partial charge on any atom is 0.472 e. The van der Waals surface area contributed by atoms with Gasteiger partial charge >= 0.3 is 39.5 Å². The van der Waals surface area contributed by atoms with Crippen LogP contribution >= 0.6 is 15.6 Å². The Bertz CT molecular complexity index is 1640. The molecule has 3 unspecified atom stereocenters. The van der Waals surface area contributed by atoms with Crippen LogP contribution in [0.3, 0.4) is 0 Å². The molecule has 0 aromatic heterocycles. The van der Waals surface area contributed by atoms with Crippen LogP contribution in [-0.2, 0) is 65.4 Å². The van der Waals surface area contributed by atoms with E-state index in [9.17, 15) is 43.2 Å². The molecule has 0 heterocycles. The third-order valence-electron chi connectivity index (χ3n) is 15.4. The zero-order valence-corrected chi connectivity index (χ0v) is 55.8. The monoisotopic (exact) mass is 1240 g/mol. The van der Waals surface area contributed by atoms with Gasteiger partial charge in [-0.2, -0.15) is 0 Å². The Labute approximate surface area is 511 Å². The number of aliphatic hydroxyl groups excluding tert-OH is 1. The summed E-state index contributed by atoms with van der Waals surface area (Å²) >= 11 is 0. The molecule has 0 saturated carbocycles. The second-order valence-corrected chi connectivity index (χ2v) is 26.7. The van der Waals surface area contributed by atoms with Crippen molar-refractivity contribution in [2.75, 3.05) is 39.6 Å². The molecule has 0 bridgehead atoms. The van der Waals surface area contributed by atoms with Gasteiger partial charge in [0.15, 0.2) is 12.2 Å². The zero-order chi connectivity index (χ0) is 62.0. The van der Waals surface area contributed by atoms with Crippen LogP contribution in [-0.4, -0.2) is 96.7 Å². The first kappa shape index (κ1) is 82.1. The molecule has 0 aliphatic rings.